The van der Waals surface area contributed by atoms with Gasteiger partial charge in [-0.2, -0.15) is 0 Å². The maximum absolute atomic E-state index is 5.53. The number of hydrogen-bond acceptors (Lipinski definition) is 2. The van der Waals surface area contributed by atoms with Crippen LogP contribution in [-0.2, 0) is 4.74 Å². The molecule has 1 saturated heterocycles. The molecule has 0 amide bonds. The quantitative estimate of drug-likeness (QED) is 0.693. The van der Waals surface area contributed by atoms with E-state index < -0.39 is 0 Å². The van der Waals surface area contributed by atoms with Gasteiger partial charge < -0.3 is 10.1 Å². The Bertz CT molecular complexity index is 92.1. The number of hydrogen-bond donors (Lipinski definition) is 1. The standard InChI is InChI=1S/C8H17NO.ClH/c1-7(2)5-8-6-9-3-4-10-8;/h7-9H,3-6H2,1-2H3;1H. The van der Waals surface area contributed by atoms with Crippen molar-refractivity contribution in [1.82, 2.24) is 5.32 Å². The van der Waals surface area contributed by atoms with Crippen molar-refractivity contribution in [2.45, 2.75) is 26.4 Å². The highest BCUT2D eigenvalue weighted by Gasteiger charge is 2.13. The molecule has 0 aromatic carbocycles. The van der Waals surface area contributed by atoms with Crippen molar-refractivity contribution in [1.29, 1.82) is 0 Å². The lowest BCUT2D eigenvalue weighted by Crippen LogP contribution is -2.39. The molecule has 0 radical (unpaired) electrons. The van der Waals surface area contributed by atoms with E-state index in [2.05, 4.69) is 19.2 Å². The fraction of sp³-hybridized carbons (Fsp3) is 1.00. The fourth-order valence-corrected chi connectivity index (χ4v) is 1.30. The summed E-state index contributed by atoms with van der Waals surface area (Å²) in [6, 6.07) is 0. The molecule has 2 nitrogen and oxygen atoms in total. The second-order valence-electron chi connectivity index (χ2n) is 3.33. The summed E-state index contributed by atoms with van der Waals surface area (Å²) in [5, 5.41) is 3.32. The minimum absolute atomic E-state index is 0. The highest BCUT2D eigenvalue weighted by Crippen LogP contribution is 2.08. The summed E-state index contributed by atoms with van der Waals surface area (Å²) in [5.74, 6) is 0.755. The summed E-state index contributed by atoms with van der Waals surface area (Å²) >= 11 is 0. The largest absolute Gasteiger partial charge is 0.376 e. The van der Waals surface area contributed by atoms with Gasteiger partial charge in [0.1, 0.15) is 0 Å². The third-order valence-electron chi connectivity index (χ3n) is 1.74. The van der Waals surface area contributed by atoms with Crippen LogP contribution in [0.25, 0.3) is 0 Å². The first-order valence-electron chi connectivity index (χ1n) is 4.11. The first-order valence-corrected chi connectivity index (χ1v) is 4.11. The summed E-state index contributed by atoms with van der Waals surface area (Å²) in [4.78, 5) is 0. The molecule has 1 atom stereocenters. The third kappa shape index (κ3) is 4.62. The molecule has 1 aliphatic heterocycles. The van der Waals surface area contributed by atoms with E-state index >= 15 is 0 Å². The number of ether oxygens (including phenoxy) is 1. The average Bonchev–Trinajstić information content (AvgIpc) is 1.88. The zero-order chi connectivity index (χ0) is 7.40. The lowest BCUT2D eigenvalue weighted by Gasteiger charge is -2.24. The predicted octanol–water partition coefficient (Wildman–Crippen LogP) is 1.44. The number of nitrogens with one attached hydrogen (secondary N) is 1. The fourth-order valence-electron chi connectivity index (χ4n) is 1.30. The second-order valence-corrected chi connectivity index (χ2v) is 3.33. The van der Waals surface area contributed by atoms with E-state index in [9.17, 15) is 0 Å². The predicted molar refractivity (Wildman–Crippen MR) is 49.3 cm³/mol. The van der Waals surface area contributed by atoms with Crippen LogP contribution in [0, 0.1) is 5.92 Å². The average molecular weight is 180 g/mol. The molecule has 1 N–H and O–H groups in total. The molecule has 3 heteroatoms. The SMILES string of the molecule is CC(C)CC1CNCCO1.Cl. The monoisotopic (exact) mass is 179 g/mol. The van der Waals surface area contributed by atoms with Crippen molar-refractivity contribution < 1.29 is 4.74 Å². The molecule has 0 aromatic heterocycles. The van der Waals surface area contributed by atoms with Crippen LogP contribution in [0.4, 0.5) is 0 Å². The minimum atomic E-state index is 0. The molecule has 1 rings (SSSR count). The molecule has 0 aliphatic carbocycles. The van der Waals surface area contributed by atoms with Gasteiger partial charge in [-0.3, -0.25) is 0 Å². The van der Waals surface area contributed by atoms with Crippen LogP contribution in [0.2, 0.25) is 0 Å². The van der Waals surface area contributed by atoms with Crippen molar-refractivity contribution in [3.63, 3.8) is 0 Å². The molecule has 0 saturated carbocycles. The van der Waals surface area contributed by atoms with Crippen molar-refractivity contribution in [2.24, 2.45) is 5.92 Å². The van der Waals surface area contributed by atoms with E-state index in [1.807, 2.05) is 0 Å². The van der Waals surface area contributed by atoms with E-state index in [0.717, 1.165) is 25.6 Å². The first-order chi connectivity index (χ1) is 4.79. The Balaban J connectivity index is 0.000001000. The Morgan fingerprint density at radius 1 is 1.55 bits per heavy atom. The summed E-state index contributed by atoms with van der Waals surface area (Å²) in [6.45, 7) is 7.42. The lowest BCUT2D eigenvalue weighted by atomic mass is 10.1. The van der Waals surface area contributed by atoms with E-state index in [1.54, 1.807) is 0 Å². The van der Waals surface area contributed by atoms with Gasteiger partial charge in [-0.15, -0.1) is 12.4 Å². The molecule has 0 bridgehead atoms. The first kappa shape index (κ1) is 11.2. The van der Waals surface area contributed by atoms with E-state index in [4.69, 9.17) is 4.74 Å². The summed E-state index contributed by atoms with van der Waals surface area (Å²) in [7, 11) is 0. The van der Waals surface area contributed by atoms with Gasteiger partial charge in [-0.1, -0.05) is 13.8 Å². The smallest absolute Gasteiger partial charge is 0.0702 e. The normalized spacial score (nSPS) is 24.8. The molecule has 1 heterocycles. The van der Waals surface area contributed by atoms with Gasteiger partial charge in [-0.25, -0.2) is 0 Å². The Labute approximate surface area is 75.1 Å². The molecular weight excluding hydrogens is 162 g/mol. The van der Waals surface area contributed by atoms with E-state index in [0.29, 0.717) is 6.10 Å². The maximum atomic E-state index is 5.53. The van der Waals surface area contributed by atoms with Crippen LogP contribution >= 0.6 is 12.4 Å². The molecule has 1 unspecified atom stereocenters. The Morgan fingerprint density at radius 2 is 2.27 bits per heavy atom. The van der Waals surface area contributed by atoms with Crippen molar-refractivity contribution in [3.05, 3.63) is 0 Å². The number of morpholine rings is 1. The van der Waals surface area contributed by atoms with Gasteiger partial charge in [0.25, 0.3) is 0 Å². The molecule has 0 spiro atoms. The van der Waals surface area contributed by atoms with Crippen LogP contribution < -0.4 is 5.32 Å². The highest BCUT2D eigenvalue weighted by molar-refractivity contribution is 5.85. The van der Waals surface area contributed by atoms with Crippen LogP contribution in [0.5, 0.6) is 0 Å². The Kier molecular flexibility index (Phi) is 5.92. The van der Waals surface area contributed by atoms with Crippen molar-refractivity contribution in [3.8, 4) is 0 Å². The van der Waals surface area contributed by atoms with Crippen molar-refractivity contribution in [2.75, 3.05) is 19.7 Å². The molecule has 11 heavy (non-hydrogen) atoms. The van der Waals surface area contributed by atoms with Crippen molar-refractivity contribution >= 4 is 12.4 Å². The van der Waals surface area contributed by atoms with E-state index in [-0.39, 0.29) is 12.4 Å². The summed E-state index contributed by atoms with van der Waals surface area (Å²) in [5.41, 5.74) is 0. The van der Waals surface area contributed by atoms with Crippen LogP contribution in [0.3, 0.4) is 0 Å². The highest BCUT2D eigenvalue weighted by atomic mass is 35.5. The van der Waals surface area contributed by atoms with Gasteiger partial charge in [0.15, 0.2) is 0 Å². The maximum Gasteiger partial charge on any atom is 0.0702 e. The van der Waals surface area contributed by atoms with Crippen LogP contribution in [-0.4, -0.2) is 25.8 Å². The van der Waals surface area contributed by atoms with Gasteiger partial charge in [0, 0.05) is 13.1 Å². The van der Waals surface area contributed by atoms with Gasteiger partial charge in [0.05, 0.1) is 12.7 Å². The third-order valence-corrected chi connectivity index (χ3v) is 1.74. The van der Waals surface area contributed by atoms with Crippen LogP contribution in [0.1, 0.15) is 20.3 Å². The second kappa shape index (κ2) is 5.81. The van der Waals surface area contributed by atoms with Gasteiger partial charge >= 0.3 is 0 Å². The van der Waals surface area contributed by atoms with Crippen LogP contribution in [0.15, 0.2) is 0 Å². The summed E-state index contributed by atoms with van der Waals surface area (Å²) in [6.07, 6.45) is 1.65. The molecular formula is C8H18ClNO. The van der Waals surface area contributed by atoms with Gasteiger partial charge in [0.2, 0.25) is 0 Å². The molecule has 1 aliphatic rings. The Morgan fingerprint density at radius 3 is 2.73 bits per heavy atom. The summed E-state index contributed by atoms with van der Waals surface area (Å²) < 4.78 is 5.53. The zero-order valence-corrected chi connectivity index (χ0v) is 8.12. The number of halogens is 1. The number of rotatable bonds is 2. The Hall–Kier alpha value is 0.210. The molecule has 1 fully saturated rings. The van der Waals surface area contributed by atoms with E-state index in [1.165, 1.54) is 6.42 Å². The molecule has 0 aromatic rings. The topological polar surface area (TPSA) is 21.3 Å². The lowest BCUT2D eigenvalue weighted by molar-refractivity contribution is 0.0163. The zero-order valence-electron chi connectivity index (χ0n) is 7.30. The van der Waals surface area contributed by atoms with Gasteiger partial charge in [-0.05, 0) is 12.3 Å². The molecule has 68 valence electrons. The minimum Gasteiger partial charge on any atom is -0.376 e.